The number of ether oxygens (including phenoxy) is 4. The maximum Gasteiger partial charge on any atom is 0.497 e. The van der Waals surface area contributed by atoms with Crippen molar-refractivity contribution in [3.8, 4) is 0 Å². The zero-order valence-electron chi connectivity index (χ0n) is 22.7. The molecule has 15 heteroatoms. The van der Waals surface area contributed by atoms with E-state index in [1.807, 2.05) is 0 Å². The summed E-state index contributed by atoms with van der Waals surface area (Å²) >= 11 is 17.0. The molecule has 0 spiro atoms. The summed E-state index contributed by atoms with van der Waals surface area (Å²) < 4.78 is 29.8. The Bertz CT molecular complexity index is 347. The molecule has 0 radical (unpaired) electrons. The van der Waals surface area contributed by atoms with Gasteiger partial charge in [-0.15, -0.1) is 33.2 Å². The van der Waals surface area contributed by atoms with E-state index in [0.29, 0.717) is 51.7 Å². The van der Waals surface area contributed by atoms with Gasteiger partial charge in [-0.25, -0.2) is 0 Å². The molecule has 0 aliphatic carbocycles. The number of nitrogens with two attached hydrogens (primary N) is 1. The zero-order valence-corrected chi connectivity index (χ0v) is 27.0. The largest absolute Gasteiger partial charge is 0.497 e. The van der Waals surface area contributed by atoms with Gasteiger partial charge >= 0.3 is 14.8 Å². The van der Waals surface area contributed by atoms with Gasteiger partial charge in [0.2, 0.25) is 0 Å². The van der Waals surface area contributed by atoms with E-state index in [1.165, 1.54) is 27.1 Å². The van der Waals surface area contributed by atoms with Crippen LogP contribution in [0, 0.1) is 0 Å². The van der Waals surface area contributed by atoms with Crippen LogP contribution in [0.25, 0.3) is 0 Å². The summed E-state index contributed by atoms with van der Waals surface area (Å²) in [5, 5.41) is 14.0. The summed E-state index contributed by atoms with van der Waals surface area (Å²) in [6, 6.07) is -1.24. The minimum absolute atomic E-state index is 0.521. The highest BCUT2D eigenvalue weighted by atomic mass is 35.8. The highest BCUT2D eigenvalue weighted by Crippen LogP contribution is 2.26. The Labute approximate surface area is 229 Å². The molecular formula is C20H52Cl3NO9Si2. The second-order valence-electron chi connectivity index (χ2n) is 6.30. The fourth-order valence-electron chi connectivity index (χ4n) is 1.75. The van der Waals surface area contributed by atoms with Crippen LogP contribution in [0.4, 0.5) is 0 Å². The van der Waals surface area contributed by atoms with Gasteiger partial charge in [0.15, 0.2) is 0 Å². The average Bonchev–Trinajstić information content (AvgIpc) is 2.86. The van der Waals surface area contributed by atoms with Crippen LogP contribution in [0.3, 0.4) is 0 Å². The number of aliphatic hydroxyl groups excluding tert-OH is 2. The lowest BCUT2D eigenvalue weighted by molar-refractivity contribution is 0.0680. The molecule has 5 N–H and O–H groups in total. The van der Waals surface area contributed by atoms with Gasteiger partial charge in [0.1, 0.15) is 0 Å². The molecule has 0 saturated heterocycles. The third kappa shape index (κ3) is 52.2. The second kappa shape index (κ2) is 39.4. The van der Waals surface area contributed by atoms with Crippen molar-refractivity contribution in [1.29, 1.82) is 0 Å². The lowest BCUT2D eigenvalue weighted by Crippen LogP contribution is -2.40. The van der Waals surface area contributed by atoms with Crippen LogP contribution in [0.2, 0.25) is 12.1 Å². The van der Waals surface area contributed by atoms with E-state index in [2.05, 4.69) is 6.92 Å². The summed E-state index contributed by atoms with van der Waals surface area (Å²) in [4.78, 5) is 9.65. The number of halogens is 3. The number of hydrogen-bond acceptors (Lipinski definition) is 10. The molecule has 0 aliphatic rings. The second-order valence-corrected chi connectivity index (χ2v) is 18.3. The number of aliphatic hydroxyl groups is 2. The van der Waals surface area contributed by atoms with Gasteiger partial charge in [-0.05, 0) is 31.9 Å². The molecule has 0 fully saturated rings. The first-order valence-electron chi connectivity index (χ1n) is 11.3. The molecule has 0 aromatic rings. The lowest BCUT2D eigenvalue weighted by Gasteiger charge is -2.19. The van der Waals surface area contributed by atoms with Crippen LogP contribution in [0.5, 0.6) is 0 Å². The standard InChI is InChI=1S/C8H20O5Si.C6H13Cl3O2Si.C4H11N.2CH4O/c1-10-6-7-13-5-4-8-14(9,11-2)12-3;1-10-4-5-11-3-2-6-12(7,8)9;1-2-3-4-5;2*1-2/h9H,4-8H2,1-3H3;2-6H2,1H3;2-5H2,1H3;2*2H,1H3. The first kappa shape index (κ1) is 45.8. The molecule has 0 amide bonds. The Morgan fingerprint density at radius 3 is 1.31 bits per heavy atom. The highest BCUT2D eigenvalue weighted by molar-refractivity contribution is 7.64. The summed E-state index contributed by atoms with van der Waals surface area (Å²) in [5.41, 5.74) is 5.14. The molecule has 10 nitrogen and oxygen atoms in total. The van der Waals surface area contributed by atoms with Crippen molar-refractivity contribution in [3.63, 3.8) is 0 Å². The molecule has 0 unspecified atom stereocenters. The van der Waals surface area contributed by atoms with Crippen LogP contribution in [-0.4, -0.2) is 119 Å². The fraction of sp³-hybridized carbons (Fsp3) is 1.00. The van der Waals surface area contributed by atoms with Crippen molar-refractivity contribution in [1.82, 2.24) is 0 Å². The SMILES string of the molecule is CCCCN.CO.CO.COCCOCCC[Si](Cl)(Cl)Cl.COCCOCCC[Si](O)(OC)OC. The monoisotopic (exact) mass is 611 g/mol. The normalized spacial score (nSPS) is 10.5. The van der Waals surface area contributed by atoms with Crippen LogP contribution < -0.4 is 5.73 Å². The van der Waals surface area contributed by atoms with Gasteiger partial charge < -0.3 is 48.5 Å². The third-order valence-electron chi connectivity index (χ3n) is 3.59. The Kier molecular flexibility index (Phi) is 51.6. The minimum Gasteiger partial charge on any atom is -0.400 e. The average molecular weight is 613 g/mol. The maximum atomic E-state index is 9.65. The topological polar surface area (TPSA) is 142 Å². The minimum atomic E-state index is -2.88. The molecule has 0 aliphatic heterocycles. The Morgan fingerprint density at radius 1 is 0.657 bits per heavy atom. The Balaban J connectivity index is -0.000000129. The van der Waals surface area contributed by atoms with Crippen LogP contribution in [-0.2, 0) is 27.8 Å². The van der Waals surface area contributed by atoms with Crippen molar-refractivity contribution in [2.24, 2.45) is 5.73 Å². The first-order chi connectivity index (χ1) is 16.7. The van der Waals surface area contributed by atoms with Crippen molar-refractivity contribution in [2.75, 3.05) is 88.8 Å². The number of rotatable bonds is 18. The zero-order chi connectivity index (χ0) is 28.4. The first-order valence-corrected chi connectivity index (χ1v) is 18.5. The molecule has 0 bridgehead atoms. The van der Waals surface area contributed by atoms with E-state index in [1.54, 1.807) is 14.2 Å². The molecule has 0 rings (SSSR count). The number of unbranched alkanes of at least 4 members (excludes halogenated alkanes) is 1. The summed E-state index contributed by atoms with van der Waals surface area (Å²) in [7, 11) is 5.31. The predicted molar refractivity (Wildman–Crippen MR) is 150 cm³/mol. The van der Waals surface area contributed by atoms with Gasteiger partial charge in [-0.1, -0.05) is 13.3 Å². The van der Waals surface area contributed by atoms with Gasteiger partial charge in [0.25, 0.3) is 0 Å². The Hall–Kier alpha value is 0.904. The number of methoxy groups -OCH3 is 2. The lowest BCUT2D eigenvalue weighted by atomic mass is 10.3. The highest BCUT2D eigenvalue weighted by Gasteiger charge is 2.33. The van der Waals surface area contributed by atoms with E-state index < -0.39 is 14.8 Å². The Morgan fingerprint density at radius 2 is 1.06 bits per heavy atom. The molecule has 0 aromatic heterocycles. The van der Waals surface area contributed by atoms with Crippen molar-refractivity contribution in [2.45, 2.75) is 44.7 Å². The summed E-state index contributed by atoms with van der Waals surface area (Å²) in [6.45, 7) is 6.61. The van der Waals surface area contributed by atoms with Crippen LogP contribution in [0.15, 0.2) is 0 Å². The molecular weight excluding hydrogens is 561 g/mol. The number of hydrogen-bond donors (Lipinski definition) is 4. The third-order valence-corrected chi connectivity index (χ3v) is 8.47. The van der Waals surface area contributed by atoms with E-state index in [4.69, 9.17) is 77.0 Å². The molecule has 0 heterocycles. The van der Waals surface area contributed by atoms with Crippen molar-refractivity contribution in [3.05, 3.63) is 0 Å². The van der Waals surface area contributed by atoms with E-state index in [-0.39, 0.29) is 0 Å². The van der Waals surface area contributed by atoms with Gasteiger partial charge in [-0.3, -0.25) is 0 Å². The van der Waals surface area contributed by atoms with Gasteiger partial charge in [-0.2, -0.15) is 0 Å². The molecule has 0 aromatic carbocycles. The van der Waals surface area contributed by atoms with Crippen LogP contribution in [0.1, 0.15) is 32.6 Å². The molecule has 220 valence electrons. The van der Waals surface area contributed by atoms with E-state index in [9.17, 15) is 4.80 Å². The smallest absolute Gasteiger partial charge is 0.400 e. The van der Waals surface area contributed by atoms with Crippen LogP contribution >= 0.6 is 33.2 Å². The fourth-order valence-corrected chi connectivity index (χ4v) is 4.67. The summed E-state index contributed by atoms with van der Waals surface area (Å²) in [6.07, 6.45) is 3.93. The van der Waals surface area contributed by atoms with Gasteiger partial charge in [0, 0.05) is 61.9 Å². The molecule has 0 atom stereocenters. The van der Waals surface area contributed by atoms with E-state index in [0.717, 1.165) is 33.6 Å². The van der Waals surface area contributed by atoms with E-state index >= 15 is 0 Å². The quantitative estimate of drug-likeness (QED) is 0.104. The van der Waals surface area contributed by atoms with Gasteiger partial charge in [0.05, 0.1) is 26.4 Å². The molecule has 35 heavy (non-hydrogen) atoms. The van der Waals surface area contributed by atoms with Crippen molar-refractivity contribution < 1.29 is 42.8 Å². The molecule has 0 saturated carbocycles. The summed E-state index contributed by atoms with van der Waals surface area (Å²) in [5.74, 6) is 0. The predicted octanol–water partition coefficient (Wildman–Crippen LogP) is 2.92. The maximum absolute atomic E-state index is 9.65. The van der Waals surface area contributed by atoms with Crippen molar-refractivity contribution >= 4 is 48.0 Å².